The lowest BCUT2D eigenvalue weighted by molar-refractivity contribution is -0.137. The summed E-state index contributed by atoms with van der Waals surface area (Å²) in [6.45, 7) is 1.70. The lowest BCUT2D eigenvalue weighted by atomic mass is 10.2. The maximum atomic E-state index is 12.5. The summed E-state index contributed by atoms with van der Waals surface area (Å²) in [5.74, 6) is -0.497. The molecule has 8 heteroatoms. The number of hydrogen-bond donors (Lipinski definition) is 0. The van der Waals surface area contributed by atoms with Gasteiger partial charge in [0.05, 0.1) is 30.8 Å². The predicted molar refractivity (Wildman–Crippen MR) is 90.9 cm³/mol. The summed E-state index contributed by atoms with van der Waals surface area (Å²) >= 11 is 0. The van der Waals surface area contributed by atoms with Crippen molar-refractivity contribution in [2.24, 2.45) is 0 Å². The topological polar surface area (TPSA) is 96.7 Å². The number of carbonyl (C=O) groups is 1. The molecule has 0 amide bonds. The van der Waals surface area contributed by atoms with Gasteiger partial charge in [-0.05, 0) is 30.2 Å². The Morgan fingerprint density at radius 2 is 1.96 bits per heavy atom. The molecule has 1 aromatic rings. The monoisotopic (exact) mass is 364 g/mol. The molecule has 1 aliphatic heterocycles. The van der Waals surface area contributed by atoms with Gasteiger partial charge in [0, 0.05) is 25.6 Å². The number of morpholine rings is 1. The van der Waals surface area contributed by atoms with Crippen molar-refractivity contribution in [2.75, 3.05) is 32.9 Å². The third-order valence-electron chi connectivity index (χ3n) is 3.58. The molecule has 1 saturated heterocycles. The van der Waals surface area contributed by atoms with Crippen LogP contribution in [0.15, 0.2) is 35.2 Å². The number of esters is 1. The first-order valence-corrected chi connectivity index (χ1v) is 9.38. The van der Waals surface area contributed by atoms with Crippen molar-refractivity contribution in [3.05, 3.63) is 35.9 Å². The number of rotatable bonds is 7. The number of hydrogen-bond acceptors (Lipinski definition) is 6. The van der Waals surface area contributed by atoms with Crippen molar-refractivity contribution in [3.63, 3.8) is 0 Å². The van der Waals surface area contributed by atoms with E-state index in [1.165, 1.54) is 22.5 Å². The van der Waals surface area contributed by atoms with Crippen molar-refractivity contribution in [1.29, 1.82) is 5.26 Å². The average Bonchev–Trinajstić information content (AvgIpc) is 2.64. The van der Waals surface area contributed by atoms with Gasteiger partial charge in [0.15, 0.2) is 0 Å². The zero-order valence-corrected chi connectivity index (χ0v) is 14.6. The fraction of sp³-hybridized carbons (Fsp3) is 0.412. The van der Waals surface area contributed by atoms with E-state index in [2.05, 4.69) is 0 Å². The molecule has 0 bridgehead atoms. The van der Waals surface area contributed by atoms with Gasteiger partial charge in [-0.3, -0.25) is 0 Å². The Kier molecular flexibility index (Phi) is 7.13. The fourth-order valence-electron chi connectivity index (χ4n) is 2.22. The zero-order valence-electron chi connectivity index (χ0n) is 13.8. The number of sulfonamides is 1. The molecule has 1 fully saturated rings. The minimum Gasteiger partial charge on any atom is -0.462 e. The summed E-state index contributed by atoms with van der Waals surface area (Å²) in [4.78, 5) is 11.7. The maximum Gasteiger partial charge on any atom is 0.330 e. The van der Waals surface area contributed by atoms with E-state index in [-0.39, 0.29) is 11.5 Å². The van der Waals surface area contributed by atoms with Crippen LogP contribution in [0.4, 0.5) is 0 Å². The molecule has 0 aliphatic carbocycles. The fourth-order valence-corrected chi connectivity index (χ4v) is 3.63. The summed E-state index contributed by atoms with van der Waals surface area (Å²) in [6.07, 6.45) is 3.68. The van der Waals surface area contributed by atoms with E-state index in [0.717, 1.165) is 0 Å². The van der Waals surface area contributed by atoms with E-state index < -0.39 is 16.0 Å². The minimum atomic E-state index is -3.52. The third-order valence-corrected chi connectivity index (χ3v) is 5.49. The average molecular weight is 364 g/mol. The second-order valence-corrected chi connectivity index (χ2v) is 7.29. The molecule has 0 aromatic heterocycles. The Bertz CT molecular complexity index is 744. The molecule has 0 radical (unpaired) electrons. The van der Waals surface area contributed by atoms with Crippen LogP contribution in [0.3, 0.4) is 0 Å². The quantitative estimate of drug-likeness (QED) is 0.414. The van der Waals surface area contributed by atoms with E-state index in [0.29, 0.717) is 44.7 Å². The van der Waals surface area contributed by atoms with E-state index in [9.17, 15) is 13.2 Å². The number of carbonyl (C=O) groups excluding carboxylic acids is 1. The first kappa shape index (κ1) is 19.1. The van der Waals surface area contributed by atoms with Crippen LogP contribution >= 0.6 is 0 Å². The van der Waals surface area contributed by atoms with Crippen LogP contribution < -0.4 is 0 Å². The first-order chi connectivity index (χ1) is 12.0. The highest BCUT2D eigenvalue weighted by Crippen LogP contribution is 2.18. The van der Waals surface area contributed by atoms with Crippen LogP contribution in [0.2, 0.25) is 0 Å². The Hall–Kier alpha value is -2.21. The standard InChI is InChI=1S/C17H20N2O5S/c18-9-1-2-12-24-17(20)8-5-15-3-6-16(7-4-15)25(21,22)19-10-13-23-14-11-19/h3-8H,1-2,10-14H2/b8-5+. The predicted octanol–water partition coefficient (Wildman–Crippen LogP) is 1.57. The molecule has 0 unspecified atom stereocenters. The van der Waals surface area contributed by atoms with Crippen molar-refractivity contribution >= 4 is 22.1 Å². The minimum absolute atomic E-state index is 0.202. The molecular weight excluding hydrogens is 344 g/mol. The molecule has 0 spiro atoms. The van der Waals surface area contributed by atoms with E-state index in [4.69, 9.17) is 14.7 Å². The second kappa shape index (κ2) is 9.32. The number of benzene rings is 1. The molecule has 7 nitrogen and oxygen atoms in total. The highest BCUT2D eigenvalue weighted by molar-refractivity contribution is 7.89. The van der Waals surface area contributed by atoms with E-state index in [1.54, 1.807) is 18.2 Å². The first-order valence-electron chi connectivity index (χ1n) is 7.94. The lowest BCUT2D eigenvalue weighted by Gasteiger charge is -2.26. The summed E-state index contributed by atoms with van der Waals surface area (Å²) < 4.78 is 36.5. The normalized spacial score (nSPS) is 15.8. The van der Waals surface area contributed by atoms with Crippen molar-refractivity contribution in [2.45, 2.75) is 17.7 Å². The smallest absolute Gasteiger partial charge is 0.330 e. The van der Waals surface area contributed by atoms with Gasteiger partial charge >= 0.3 is 5.97 Å². The van der Waals surface area contributed by atoms with E-state index in [1.807, 2.05) is 6.07 Å². The van der Waals surface area contributed by atoms with Gasteiger partial charge in [-0.1, -0.05) is 12.1 Å². The maximum absolute atomic E-state index is 12.5. The van der Waals surface area contributed by atoms with Gasteiger partial charge in [0.1, 0.15) is 0 Å². The number of unbranched alkanes of at least 4 members (excludes halogenated alkanes) is 1. The van der Waals surface area contributed by atoms with Crippen LogP contribution in [0.5, 0.6) is 0 Å². The molecule has 1 aromatic carbocycles. The molecule has 2 rings (SSSR count). The molecule has 0 N–H and O–H groups in total. The summed E-state index contributed by atoms with van der Waals surface area (Å²) in [5.41, 5.74) is 0.690. The van der Waals surface area contributed by atoms with Gasteiger partial charge in [0.2, 0.25) is 10.0 Å². The molecule has 134 valence electrons. The van der Waals surface area contributed by atoms with Gasteiger partial charge < -0.3 is 9.47 Å². The van der Waals surface area contributed by atoms with Crippen LogP contribution in [0, 0.1) is 11.3 Å². The van der Waals surface area contributed by atoms with Gasteiger partial charge in [0.25, 0.3) is 0 Å². The van der Waals surface area contributed by atoms with E-state index >= 15 is 0 Å². The highest BCUT2D eigenvalue weighted by atomic mass is 32.2. The third kappa shape index (κ3) is 5.67. The molecule has 1 aliphatic rings. The van der Waals surface area contributed by atoms with Crippen molar-refractivity contribution in [1.82, 2.24) is 4.31 Å². The van der Waals surface area contributed by atoms with Crippen molar-refractivity contribution < 1.29 is 22.7 Å². The Morgan fingerprint density at radius 3 is 2.60 bits per heavy atom. The van der Waals surface area contributed by atoms with Gasteiger partial charge in [-0.2, -0.15) is 9.57 Å². The number of nitrogens with zero attached hydrogens (tertiary/aromatic N) is 2. The van der Waals surface area contributed by atoms with Crippen LogP contribution in [0.1, 0.15) is 18.4 Å². The molecular formula is C17H20N2O5S. The van der Waals surface area contributed by atoms with Crippen LogP contribution in [-0.2, 0) is 24.3 Å². The molecule has 0 atom stereocenters. The molecule has 25 heavy (non-hydrogen) atoms. The zero-order chi connectivity index (χ0) is 18.1. The summed E-state index contributed by atoms with van der Waals surface area (Å²) in [6, 6.07) is 8.27. The number of nitriles is 1. The van der Waals surface area contributed by atoms with Crippen molar-refractivity contribution in [3.8, 4) is 6.07 Å². The largest absolute Gasteiger partial charge is 0.462 e. The molecule has 1 heterocycles. The van der Waals surface area contributed by atoms with Crippen LogP contribution in [0.25, 0.3) is 6.08 Å². The summed E-state index contributed by atoms with van der Waals surface area (Å²) in [7, 11) is -3.52. The van der Waals surface area contributed by atoms with Crippen LogP contribution in [-0.4, -0.2) is 51.6 Å². The number of ether oxygens (including phenoxy) is 2. The lowest BCUT2D eigenvalue weighted by Crippen LogP contribution is -2.40. The van der Waals surface area contributed by atoms with Gasteiger partial charge in [-0.25, -0.2) is 13.2 Å². The second-order valence-electron chi connectivity index (χ2n) is 5.35. The molecule has 0 saturated carbocycles. The summed E-state index contributed by atoms with van der Waals surface area (Å²) in [5, 5.41) is 8.39. The highest BCUT2D eigenvalue weighted by Gasteiger charge is 2.25. The Labute approximate surface area is 147 Å². The Morgan fingerprint density at radius 1 is 1.28 bits per heavy atom. The SMILES string of the molecule is N#CCCCOC(=O)/C=C/c1ccc(S(=O)(=O)N2CCOCC2)cc1. The van der Waals surface area contributed by atoms with Gasteiger partial charge in [-0.15, -0.1) is 0 Å². The Balaban J connectivity index is 1.94.